The highest BCUT2D eigenvalue weighted by molar-refractivity contribution is 7.89. The molecule has 30 heavy (non-hydrogen) atoms. The molecule has 0 unspecified atom stereocenters. The zero-order valence-electron chi connectivity index (χ0n) is 15.8. The molecule has 0 spiro atoms. The smallest absolute Gasteiger partial charge is 0.345 e. The highest BCUT2D eigenvalue weighted by atomic mass is 35.5. The van der Waals surface area contributed by atoms with Crippen LogP contribution in [0.25, 0.3) is 0 Å². The molecule has 0 atom stereocenters. The van der Waals surface area contributed by atoms with Gasteiger partial charge in [0.2, 0.25) is 0 Å². The number of sulfonamides is 1. The molecule has 0 aliphatic heterocycles. The van der Waals surface area contributed by atoms with Gasteiger partial charge in [-0.25, -0.2) is 9.63 Å². The highest BCUT2D eigenvalue weighted by Gasteiger charge is 2.15. The molecular formula is C21H17ClN2O5S. The van der Waals surface area contributed by atoms with Crippen molar-refractivity contribution in [1.82, 2.24) is 4.83 Å². The molecule has 0 amide bonds. The molecule has 154 valence electrons. The zero-order chi connectivity index (χ0) is 21.6. The summed E-state index contributed by atoms with van der Waals surface area (Å²) in [6.07, 6.45) is 1.31. The molecule has 0 radical (unpaired) electrons. The topological polar surface area (TPSA) is 94.1 Å². The number of halogens is 1. The van der Waals surface area contributed by atoms with Gasteiger partial charge in [0, 0.05) is 0 Å². The molecule has 0 aromatic heterocycles. The molecule has 9 heteroatoms. The molecule has 0 saturated carbocycles. The van der Waals surface area contributed by atoms with E-state index in [4.69, 9.17) is 21.1 Å². The molecule has 0 heterocycles. The van der Waals surface area contributed by atoms with Crippen molar-refractivity contribution in [1.29, 1.82) is 0 Å². The Labute approximate surface area is 179 Å². The van der Waals surface area contributed by atoms with Gasteiger partial charge in [-0.15, -0.1) is 0 Å². The number of benzene rings is 3. The van der Waals surface area contributed by atoms with Gasteiger partial charge in [-0.05, 0) is 48.0 Å². The van der Waals surface area contributed by atoms with Crippen LogP contribution in [0.3, 0.4) is 0 Å². The number of carbonyl (C=O) groups is 1. The first-order valence-electron chi connectivity index (χ1n) is 8.65. The first-order chi connectivity index (χ1) is 14.4. The molecule has 0 aliphatic carbocycles. The van der Waals surface area contributed by atoms with E-state index in [-0.39, 0.29) is 27.0 Å². The Morgan fingerprint density at radius 2 is 1.70 bits per heavy atom. The number of rotatable bonds is 7. The number of nitrogens with one attached hydrogen (secondary N) is 1. The molecule has 0 aliphatic rings. The molecule has 3 aromatic rings. The van der Waals surface area contributed by atoms with Gasteiger partial charge >= 0.3 is 5.97 Å². The Kier molecular flexibility index (Phi) is 6.71. The SMILES string of the molecule is COc1cc(/C=N\NS(=O)(=O)c2ccccc2)ccc1OC(=O)c1ccccc1Cl. The third kappa shape index (κ3) is 5.16. The lowest BCUT2D eigenvalue weighted by atomic mass is 10.2. The predicted octanol–water partition coefficient (Wildman–Crippen LogP) is 3.88. The van der Waals surface area contributed by atoms with Crippen LogP contribution in [0.4, 0.5) is 0 Å². The maximum Gasteiger partial charge on any atom is 0.345 e. The van der Waals surface area contributed by atoms with Crippen LogP contribution >= 0.6 is 11.6 Å². The van der Waals surface area contributed by atoms with Crippen molar-refractivity contribution >= 4 is 33.8 Å². The highest BCUT2D eigenvalue weighted by Crippen LogP contribution is 2.29. The van der Waals surface area contributed by atoms with Crippen molar-refractivity contribution in [2.24, 2.45) is 5.10 Å². The van der Waals surface area contributed by atoms with Gasteiger partial charge in [0.1, 0.15) is 0 Å². The van der Waals surface area contributed by atoms with Crippen LogP contribution in [-0.4, -0.2) is 27.7 Å². The van der Waals surface area contributed by atoms with Crippen molar-refractivity contribution in [3.05, 3.63) is 88.9 Å². The summed E-state index contributed by atoms with van der Waals surface area (Å²) in [5.41, 5.74) is 0.752. The van der Waals surface area contributed by atoms with E-state index < -0.39 is 16.0 Å². The minimum absolute atomic E-state index is 0.0987. The van der Waals surface area contributed by atoms with E-state index in [2.05, 4.69) is 9.93 Å². The summed E-state index contributed by atoms with van der Waals surface area (Å²) in [6, 6.07) is 19.1. The summed E-state index contributed by atoms with van der Waals surface area (Å²) < 4.78 is 35.0. The maximum absolute atomic E-state index is 12.3. The summed E-state index contributed by atoms with van der Waals surface area (Å²) in [7, 11) is -2.35. The Morgan fingerprint density at radius 3 is 2.40 bits per heavy atom. The van der Waals surface area contributed by atoms with Crippen LogP contribution in [0.15, 0.2) is 82.8 Å². The van der Waals surface area contributed by atoms with Gasteiger partial charge in [0.15, 0.2) is 11.5 Å². The summed E-state index contributed by atoms with van der Waals surface area (Å²) in [5.74, 6) is -0.175. The maximum atomic E-state index is 12.3. The van der Waals surface area contributed by atoms with Crippen LogP contribution in [0, 0.1) is 0 Å². The van der Waals surface area contributed by atoms with Crippen molar-refractivity contribution in [2.75, 3.05) is 7.11 Å². The molecule has 1 N–H and O–H groups in total. The second-order valence-electron chi connectivity index (χ2n) is 5.95. The van der Waals surface area contributed by atoms with Crippen LogP contribution in [-0.2, 0) is 10.0 Å². The summed E-state index contributed by atoms with van der Waals surface area (Å²) in [4.78, 5) is 14.6. The summed E-state index contributed by atoms with van der Waals surface area (Å²) in [6.45, 7) is 0. The van der Waals surface area contributed by atoms with Crippen LogP contribution in [0.2, 0.25) is 5.02 Å². The van der Waals surface area contributed by atoms with Crippen LogP contribution < -0.4 is 14.3 Å². The van der Waals surface area contributed by atoms with Gasteiger partial charge in [-0.1, -0.05) is 41.9 Å². The molecule has 3 aromatic carbocycles. The lowest BCUT2D eigenvalue weighted by molar-refractivity contribution is 0.0730. The number of hydrogen-bond acceptors (Lipinski definition) is 6. The van der Waals surface area contributed by atoms with E-state index in [9.17, 15) is 13.2 Å². The van der Waals surface area contributed by atoms with Crippen LogP contribution in [0.1, 0.15) is 15.9 Å². The van der Waals surface area contributed by atoms with E-state index in [0.717, 1.165) is 0 Å². The van der Waals surface area contributed by atoms with E-state index in [0.29, 0.717) is 5.56 Å². The number of esters is 1. The fourth-order valence-electron chi connectivity index (χ4n) is 2.45. The lowest BCUT2D eigenvalue weighted by Gasteiger charge is -2.10. The van der Waals surface area contributed by atoms with Gasteiger partial charge in [-0.2, -0.15) is 13.5 Å². The quantitative estimate of drug-likeness (QED) is 0.258. The molecule has 0 bridgehead atoms. The average Bonchev–Trinajstić information content (AvgIpc) is 2.75. The van der Waals surface area contributed by atoms with Crippen molar-refractivity contribution < 1.29 is 22.7 Å². The van der Waals surface area contributed by atoms with Crippen molar-refractivity contribution in [3.63, 3.8) is 0 Å². The first-order valence-corrected chi connectivity index (χ1v) is 10.5. The van der Waals surface area contributed by atoms with Gasteiger partial charge in [0.25, 0.3) is 10.0 Å². The third-order valence-electron chi connectivity index (χ3n) is 3.92. The predicted molar refractivity (Wildman–Crippen MR) is 114 cm³/mol. The standard InChI is InChI=1S/C21H17ClN2O5S/c1-28-20-13-15(14-23-24-30(26,27)16-7-3-2-4-8-16)11-12-19(20)29-21(25)17-9-5-6-10-18(17)22/h2-14,24H,1H3/b23-14-. The monoisotopic (exact) mass is 444 g/mol. The number of hydrazone groups is 1. The largest absolute Gasteiger partial charge is 0.493 e. The fraction of sp³-hybridized carbons (Fsp3) is 0.0476. The van der Waals surface area contributed by atoms with E-state index >= 15 is 0 Å². The molecule has 3 rings (SSSR count). The van der Waals surface area contributed by atoms with Crippen molar-refractivity contribution in [3.8, 4) is 11.5 Å². The van der Waals surface area contributed by atoms with Crippen LogP contribution in [0.5, 0.6) is 11.5 Å². The summed E-state index contributed by atoms with van der Waals surface area (Å²) in [5, 5.41) is 4.05. The van der Waals surface area contributed by atoms with E-state index in [1.54, 1.807) is 54.6 Å². The molecule has 7 nitrogen and oxygen atoms in total. The first kappa shape index (κ1) is 21.4. The zero-order valence-corrected chi connectivity index (χ0v) is 17.4. The Morgan fingerprint density at radius 1 is 1.00 bits per heavy atom. The van der Waals surface area contributed by atoms with Crippen molar-refractivity contribution in [2.45, 2.75) is 4.90 Å². The average molecular weight is 445 g/mol. The molecular weight excluding hydrogens is 428 g/mol. The Bertz CT molecular complexity index is 1180. The molecule has 0 fully saturated rings. The van der Waals surface area contributed by atoms with E-state index in [1.807, 2.05) is 0 Å². The Balaban J connectivity index is 1.73. The summed E-state index contributed by atoms with van der Waals surface area (Å²) >= 11 is 6.02. The molecule has 0 saturated heterocycles. The third-order valence-corrected chi connectivity index (χ3v) is 5.49. The second kappa shape index (κ2) is 9.43. The lowest BCUT2D eigenvalue weighted by Crippen LogP contribution is -2.18. The number of ether oxygens (including phenoxy) is 2. The minimum atomic E-state index is -3.77. The van der Waals surface area contributed by atoms with Gasteiger partial charge in [0.05, 0.1) is 28.8 Å². The number of carbonyl (C=O) groups excluding carboxylic acids is 1. The number of methoxy groups -OCH3 is 1. The minimum Gasteiger partial charge on any atom is -0.493 e. The Hall–Kier alpha value is -3.36. The van der Waals surface area contributed by atoms with Gasteiger partial charge in [-0.3, -0.25) is 0 Å². The fourth-order valence-corrected chi connectivity index (χ4v) is 3.48. The normalized spacial score (nSPS) is 11.3. The second-order valence-corrected chi connectivity index (χ2v) is 8.01. The number of hydrogen-bond donors (Lipinski definition) is 1. The van der Waals surface area contributed by atoms with Gasteiger partial charge < -0.3 is 9.47 Å². The number of nitrogens with zero attached hydrogens (tertiary/aromatic N) is 1. The van der Waals surface area contributed by atoms with E-state index in [1.165, 1.54) is 31.5 Å².